The van der Waals surface area contributed by atoms with Crippen molar-refractivity contribution in [1.82, 2.24) is 5.32 Å². The molecule has 0 aromatic heterocycles. The molecule has 0 saturated heterocycles. The van der Waals surface area contributed by atoms with Gasteiger partial charge in [-0.05, 0) is 14.1 Å². The molecule has 0 aliphatic heterocycles. The summed E-state index contributed by atoms with van der Waals surface area (Å²) in [6, 6.07) is 9.34. The SMILES string of the molecule is CCC(=O)c1ccccc1.CNC. The molecule has 0 unspecified atom stereocenters. The Labute approximate surface area is 80.0 Å². The highest BCUT2D eigenvalue weighted by Crippen LogP contribution is 2.01. The van der Waals surface area contributed by atoms with Crippen LogP contribution in [0.4, 0.5) is 0 Å². The van der Waals surface area contributed by atoms with E-state index in [1.54, 1.807) is 0 Å². The first-order valence-corrected chi connectivity index (χ1v) is 4.43. The van der Waals surface area contributed by atoms with Crippen molar-refractivity contribution in [2.45, 2.75) is 13.3 Å². The molecule has 1 N–H and O–H groups in total. The van der Waals surface area contributed by atoms with Crippen LogP contribution in [0.15, 0.2) is 30.3 Å². The van der Waals surface area contributed by atoms with Crippen LogP contribution in [-0.2, 0) is 0 Å². The predicted molar refractivity (Wildman–Crippen MR) is 56.0 cm³/mol. The predicted octanol–water partition coefficient (Wildman–Crippen LogP) is 2.11. The smallest absolute Gasteiger partial charge is 0.162 e. The Balaban J connectivity index is 0.000000424. The van der Waals surface area contributed by atoms with E-state index in [9.17, 15) is 4.79 Å². The molecule has 1 rings (SSSR count). The van der Waals surface area contributed by atoms with Crippen molar-refractivity contribution in [2.24, 2.45) is 0 Å². The van der Waals surface area contributed by atoms with Crippen molar-refractivity contribution in [3.63, 3.8) is 0 Å². The number of carbonyl (C=O) groups excluding carboxylic acids is 1. The normalized spacial score (nSPS) is 8.54. The standard InChI is InChI=1S/C9H10O.C2H7N/c1-2-9(10)8-6-4-3-5-7-8;1-3-2/h3-7H,2H2,1H3;3H,1-2H3. The number of benzene rings is 1. The van der Waals surface area contributed by atoms with E-state index >= 15 is 0 Å². The second-order valence-electron chi connectivity index (χ2n) is 2.64. The molecule has 1 aromatic rings. The van der Waals surface area contributed by atoms with Gasteiger partial charge in [-0.25, -0.2) is 0 Å². The molecular formula is C11H17NO. The molecule has 0 spiro atoms. The summed E-state index contributed by atoms with van der Waals surface area (Å²) in [7, 11) is 3.75. The number of ketones is 1. The Morgan fingerprint density at radius 3 is 2.08 bits per heavy atom. The molecule has 0 bridgehead atoms. The highest BCUT2D eigenvalue weighted by Gasteiger charge is 1.98. The zero-order chi connectivity index (χ0) is 10.1. The van der Waals surface area contributed by atoms with E-state index in [-0.39, 0.29) is 5.78 Å². The molecule has 0 radical (unpaired) electrons. The number of hydrogen-bond acceptors (Lipinski definition) is 2. The fourth-order valence-corrected chi connectivity index (χ4v) is 0.828. The van der Waals surface area contributed by atoms with Crippen molar-refractivity contribution >= 4 is 5.78 Å². The van der Waals surface area contributed by atoms with Crippen LogP contribution in [0, 0.1) is 0 Å². The van der Waals surface area contributed by atoms with E-state index < -0.39 is 0 Å². The first-order chi connectivity index (χ1) is 6.26. The van der Waals surface area contributed by atoms with Gasteiger partial charge in [-0.1, -0.05) is 37.3 Å². The van der Waals surface area contributed by atoms with E-state index in [0.717, 1.165) is 5.56 Å². The van der Waals surface area contributed by atoms with Gasteiger partial charge in [-0.15, -0.1) is 0 Å². The fraction of sp³-hybridized carbons (Fsp3) is 0.364. The van der Waals surface area contributed by atoms with Crippen LogP contribution in [-0.4, -0.2) is 19.9 Å². The quantitative estimate of drug-likeness (QED) is 0.704. The number of carbonyl (C=O) groups is 1. The summed E-state index contributed by atoms with van der Waals surface area (Å²) < 4.78 is 0. The molecule has 0 atom stereocenters. The molecule has 2 nitrogen and oxygen atoms in total. The largest absolute Gasteiger partial charge is 0.323 e. The maximum Gasteiger partial charge on any atom is 0.162 e. The van der Waals surface area contributed by atoms with Crippen molar-refractivity contribution in [3.05, 3.63) is 35.9 Å². The number of rotatable bonds is 2. The summed E-state index contributed by atoms with van der Waals surface area (Å²) in [5.41, 5.74) is 0.810. The summed E-state index contributed by atoms with van der Waals surface area (Å²) in [5, 5.41) is 2.75. The van der Waals surface area contributed by atoms with Gasteiger partial charge in [0, 0.05) is 12.0 Å². The van der Waals surface area contributed by atoms with E-state index in [1.807, 2.05) is 51.4 Å². The molecule has 2 heteroatoms. The molecule has 0 heterocycles. The van der Waals surface area contributed by atoms with Crippen LogP contribution in [0.1, 0.15) is 23.7 Å². The van der Waals surface area contributed by atoms with Crippen LogP contribution >= 0.6 is 0 Å². The van der Waals surface area contributed by atoms with E-state index in [1.165, 1.54) is 0 Å². The summed E-state index contributed by atoms with van der Waals surface area (Å²) in [6.45, 7) is 1.87. The minimum absolute atomic E-state index is 0.209. The highest BCUT2D eigenvalue weighted by molar-refractivity contribution is 5.95. The molecule has 1 aromatic carbocycles. The molecule has 0 fully saturated rings. The lowest BCUT2D eigenvalue weighted by Gasteiger charge is -1.93. The maximum atomic E-state index is 11.0. The van der Waals surface area contributed by atoms with Crippen molar-refractivity contribution in [3.8, 4) is 0 Å². The molecule has 0 amide bonds. The Bertz CT molecular complexity index is 231. The van der Waals surface area contributed by atoms with Gasteiger partial charge in [0.25, 0.3) is 0 Å². The van der Waals surface area contributed by atoms with Gasteiger partial charge in [-0.2, -0.15) is 0 Å². The summed E-state index contributed by atoms with van der Waals surface area (Å²) in [5.74, 6) is 0.209. The second-order valence-corrected chi connectivity index (χ2v) is 2.64. The van der Waals surface area contributed by atoms with E-state index in [4.69, 9.17) is 0 Å². The third-order valence-electron chi connectivity index (χ3n) is 1.42. The van der Waals surface area contributed by atoms with Crippen LogP contribution in [0.2, 0.25) is 0 Å². The minimum Gasteiger partial charge on any atom is -0.323 e. The second kappa shape index (κ2) is 7.50. The number of nitrogens with one attached hydrogen (secondary N) is 1. The average Bonchev–Trinajstić information content (AvgIpc) is 2.19. The Hall–Kier alpha value is -1.15. The van der Waals surface area contributed by atoms with E-state index in [0.29, 0.717) is 6.42 Å². The minimum atomic E-state index is 0.209. The summed E-state index contributed by atoms with van der Waals surface area (Å²) >= 11 is 0. The third kappa shape index (κ3) is 5.15. The zero-order valence-corrected chi connectivity index (χ0v) is 8.50. The van der Waals surface area contributed by atoms with Gasteiger partial charge in [0.2, 0.25) is 0 Å². The third-order valence-corrected chi connectivity index (χ3v) is 1.42. The van der Waals surface area contributed by atoms with Crippen LogP contribution < -0.4 is 5.32 Å². The van der Waals surface area contributed by atoms with Crippen molar-refractivity contribution < 1.29 is 4.79 Å². The van der Waals surface area contributed by atoms with Crippen molar-refractivity contribution in [2.75, 3.05) is 14.1 Å². The molecule has 13 heavy (non-hydrogen) atoms. The Morgan fingerprint density at radius 1 is 1.23 bits per heavy atom. The monoisotopic (exact) mass is 179 g/mol. The lowest BCUT2D eigenvalue weighted by molar-refractivity contribution is 0.0988. The molecule has 72 valence electrons. The lowest BCUT2D eigenvalue weighted by Crippen LogP contribution is -1.94. The Morgan fingerprint density at radius 2 is 1.69 bits per heavy atom. The highest BCUT2D eigenvalue weighted by atomic mass is 16.1. The van der Waals surface area contributed by atoms with Gasteiger partial charge in [0.15, 0.2) is 5.78 Å². The van der Waals surface area contributed by atoms with E-state index in [2.05, 4.69) is 5.32 Å². The van der Waals surface area contributed by atoms with Gasteiger partial charge in [0.05, 0.1) is 0 Å². The topological polar surface area (TPSA) is 29.1 Å². The fourth-order valence-electron chi connectivity index (χ4n) is 0.828. The number of Topliss-reactive ketones (excluding diaryl/α,β-unsaturated/α-hetero) is 1. The van der Waals surface area contributed by atoms with Gasteiger partial charge in [-0.3, -0.25) is 4.79 Å². The molecule has 0 aliphatic carbocycles. The molecule has 0 saturated carbocycles. The maximum absolute atomic E-state index is 11.0. The van der Waals surface area contributed by atoms with Gasteiger partial charge >= 0.3 is 0 Å². The number of hydrogen-bond donors (Lipinski definition) is 1. The summed E-state index contributed by atoms with van der Waals surface area (Å²) in [4.78, 5) is 11.0. The molecular weight excluding hydrogens is 162 g/mol. The first-order valence-electron chi connectivity index (χ1n) is 4.43. The zero-order valence-electron chi connectivity index (χ0n) is 8.50. The van der Waals surface area contributed by atoms with Gasteiger partial charge in [0.1, 0.15) is 0 Å². The van der Waals surface area contributed by atoms with Crippen LogP contribution in [0.3, 0.4) is 0 Å². The Kier molecular flexibility index (Phi) is 6.83. The average molecular weight is 179 g/mol. The van der Waals surface area contributed by atoms with Gasteiger partial charge < -0.3 is 5.32 Å². The first kappa shape index (κ1) is 11.8. The van der Waals surface area contributed by atoms with Crippen LogP contribution in [0.25, 0.3) is 0 Å². The summed E-state index contributed by atoms with van der Waals surface area (Å²) in [6.07, 6.45) is 0.587. The lowest BCUT2D eigenvalue weighted by atomic mass is 10.1. The molecule has 0 aliphatic rings. The van der Waals surface area contributed by atoms with Crippen molar-refractivity contribution in [1.29, 1.82) is 0 Å². The van der Waals surface area contributed by atoms with Crippen LogP contribution in [0.5, 0.6) is 0 Å².